The van der Waals surface area contributed by atoms with Crippen molar-refractivity contribution in [2.24, 2.45) is 0 Å². The quantitative estimate of drug-likeness (QED) is 0.489. The van der Waals surface area contributed by atoms with Gasteiger partial charge in [-0.05, 0) is 32.0 Å². The minimum atomic E-state index is 0.240. The van der Waals surface area contributed by atoms with E-state index < -0.39 is 0 Å². The number of nitriles is 1. The molecule has 1 aliphatic heterocycles. The van der Waals surface area contributed by atoms with Gasteiger partial charge in [0, 0.05) is 48.7 Å². The van der Waals surface area contributed by atoms with Crippen molar-refractivity contribution in [1.29, 1.82) is 5.26 Å². The van der Waals surface area contributed by atoms with E-state index in [1.807, 2.05) is 47.1 Å². The molecule has 1 saturated carbocycles. The molecule has 4 aromatic rings. The van der Waals surface area contributed by atoms with E-state index >= 15 is 0 Å². The number of nitrogen functional groups attached to an aromatic ring is 1. The largest absolute Gasteiger partial charge is 0.383 e. The van der Waals surface area contributed by atoms with Gasteiger partial charge >= 0.3 is 0 Å². The van der Waals surface area contributed by atoms with E-state index in [0.717, 1.165) is 66.7 Å². The number of nitrogens with zero attached hydrogens (tertiary/aromatic N) is 6. The molecular weight excluding hydrogens is 434 g/mol. The highest BCUT2D eigenvalue weighted by Gasteiger charge is 2.37. The zero-order chi connectivity index (χ0) is 23.9. The summed E-state index contributed by atoms with van der Waals surface area (Å²) in [5, 5.41) is 15.8. The molecule has 1 aliphatic carbocycles. The Morgan fingerprint density at radius 2 is 1.66 bits per heavy atom. The standard InChI is InChI=1S/C28H29N7/c1-33-11-13-34(14-12-33)22-16-23(17-22)35-28(30)24(18-29)27(32-35)21-8-7-20-9-10-25(31-26(20)15-21)19-5-3-2-4-6-19/h2-10,15,22-23H,11-14,16-17,30H2,1H3. The average Bonchev–Trinajstić information content (AvgIpc) is 3.20. The fraction of sp³-hybridized carbons (Fsp3) is 0.321. The summed E-state index contributed by atoms with van der Waals surface area (Å²) < 4.78 is 1.89. The highest BCUT2D eigenvalue weighted by Crippen LogP contribution is 2.40. The van der Waals surface area contributed by atoms with Crippen molar-refractivity contribution in [1.82, 2.24) is 24.6 Å². The van der Waals surface area contributed by atoms with E-state index in [2.05, 4.69) is 41.1 Å². The Bertz CT molecular complexity index is 1400. The van der Waals surface area contributed by atoms with E-state index in [1.54, 1.807) is 0 Å². The molecule has 0 amide bonds. The Morgan fingerprint density at radius 1 is 0.914 bits per heavy atom. The molecule has 7 nitrogen and oxygen atoms in total. The molecule has 0 atom stereocenters. The lowest BCUT2D eigenvalue weighted by Crippen LogP contribution is -2.53. The van der Waals surface area contributed by atoms with E-state index in [9.17, 15) is 5.26 Å². The molecule has 35 heavy (non-hydrogen) atoms. The van der Waals surface area contributed by atoms with Crippen LogP contribution in [0.15, 0.2) is 60.7 Å². The van der Waals surface area contributed by atoms with Crippen LogP contribution in [-0.4, -0.2) is 63.8 Å². The van der Waals surface area contributed by atoms with Gasteiger partial charge in [-0.15, -0.1) is 0 Å². The highest BCUT2D eigenvalue weighted by molar-refractivity contribution is 5.87. The van der Waals surface area contributed by atoms with Crippen molar-refractivity contribution in [3.05, 3.63) is 66.2 Å². The number of benzene rings is 2. The third-order valence-electron chi connectivity index (χ3n) is 7.58. The Kier molecular flexibility index (Phi) is 5.48. The number of fused-ring (bicyclic) bond motifs is 1. The lowest BCUT2D eigenvalue weighted by atomic mass is 9.85. The first-order valence-corrected chi connectivity index (χ1v) is 12.3. The molecule has 6 rings (SSSR count). The van der Waals surface area contributed by atoms with Gasteiger partial charge in [0.1, 0.15) is 23.1 Å². The SMILES string of the molecule is CN1CCN(C2CC(n3nc(-c4ccc5ccc(-c6ccccc6)nc5c4)c(C#N)c3N)C2)CC1. The van der Waals surface area contributed by atoms with Crippen LogP contribution in [0.4, 0.5) is 5.82 Å². The number of likely N-dealkylation sites (N-methyl/N-ethyl adjacent to an activating group) is 1. The first-order valence-electron chi connectivity index (χ1n) is 12.3. The molecule has 0 bridgehead atoms. The highest BCUT2D eigenvalue weighted by atomic mass is 15.4. The van der Waals surface area contributed by atoms with Crippen LogP contribution in [0.2, 0.25) is 0 Å². The van der Waals surface area contributed by atoms with Gasteiger partial charge in [0.2, 0.25) is 0 Å². The summed E-state index contributed by atoms with van der Waals surface area (Å²) in [6.45, 7) is 4.48. The van der Waals surface area contributed by atoms with Crippen LogP contribution < -0.4 is 5.73 Å². The molecule has 2 aromatic heterocycles. The van der Waals surface area contributed by atoms with E-state index in [1.165, 1.54) is 0 Å². The number of piperazine rings is 1. The Labute approximate surface area is 205 Å². The second kappa shape index (κ2) is 8.81. The molecule has 2 aliphatic rings. The van der Waals surface area contributed by atoms with Crippen LogP contribution in [-0.2, 0) is 0 Å². The second-order valence-electron chi connectivity index (χ2n) is 9.75. The summed E-state index contributed by atoms with van der Waals surface area (Å²) in [5.74, 6) is 0.468. The van der Waals surface area contributed by atoms with Gasteiger partial charge in [-0.1, -0.05) is 48.5 Å². The molecule has 7 heteroatoms. The summed E-state index contributed by atoms with van der Waals surface area (Å²) in [7, 11) is 2.18. The molecule has 2 aromatic carbocycles. The van der Waals surface area contributed by atoms with Gasteiger partial charge < -0.3 is 10.6 Å². The summed E-state index contributed by atoms with van der Waals surface area (Å²) in [5.41, 5.74) is 11.3. The maximum atomic E-state index is 9.92. The molecule has 2 fully saturated rings. The number of hydrogen-bond acceptors (Lipinski definition) is 6. The average molecular weight is 464 g/mol. The molecule has 2 N–H and O–H groups in total. The molecule has 3 heterocycles. The maximum absolute atomic E-state index is 9.92. The van der Waals surface area contributed by atoms with Crippen molar-refractivity contribution in [3.63, 3.8) is 0 Å². The van der Waals surface area contributed by atoms with Crippen molar-refractivity contribution in [2.75, 3.05) is 39.0 Å². The summed E-state index contributed by atoms with van der Waals surface area (Å²) >= 11 is 0. The normalized spacial score (nSPS) is 21.0. The zero-order valence-corrected chi connectivity index (χ0v) is 19.9. The monoisotopic (exact) mass is 463 g/mol. The number of rotatable bonds is 4. The maximum Gasteiger partial charge on any atom is 0.140 e. The minimum Gasteiger partial charge on any atom is -0.383 e. The number of nitrogens with two attached hydrogens (primary N) is 1. The third kappa shape index (κ3) is 3.95. The number of aromatic nitrogens is 3. The predicted molar refractivity (Wildman–Crippen MR) is 139 cm³/mol. The van der Waals surface area contributed by atoms with Gasteiger partial charge in [0.15, 0.2) is 0 Å². The molecule has 0 unspecified atom stereocenters. The summed E-state index contributed by atoms with van der Waals surface area (Å²) in [4.78, 5) is 9.85. The smallest absolute Gasteiger partial charge is 0.140 e. The number of hydrogen-bond donors (Lipinski definition) is 1. The predicted octanol–water partition coefficient (Wildman–Crippen LogP) is 4.17. The van der Waals surface area contributed by atoms with Crippen LogP contribution in [0.25, 0.3) is 33.4 Å². The van der Waals surface area contributed by atoms with Gasteiger partial charge in [-0.2, -0.15) is 10.4 Å². The fourth-order valence-electron chi connectivity index (χ4n) is 5.32. The van der Waals surface area contributed by atoms with Gasteiger partial charge in [-0.25, -0.2) is 9.67 Å². The van der Waals surface area contributed by atoms with Crippen molar-refractivity contribution < 1.29 is 0 Å². The lowest BCUT2D eigenvalue weighted by molar-refractivity contribution is 0.0412. The fourth-order valence-corrected chi connectivity index (χ4v) is 5.32. The number of pyridine rings is 1. The van der Waals surface area contributed by atoms with E-state index in [4.69, 9.17) is 15.8 Å². The Hall–Kier alpha value is -3.73. The van der Waals surface area contributed by atoms with Gasteiger partial charge in [0.05, 0.1) is 17.3 Å². The minimum absolute atomic E-state index is 0.240. The number of anilines is 1. The summed E-state index contributed by atoms with van der Waals surface area (Å²) in [6, 6.07) is 23.5. The van der Waals surface area contributed by atoms with Crippen LogP contribution in [0.1, 0.15) is 24.4 Å². The molecular formula is C28H29N7. The van der Waals surface area contributed by atoms with Crippen molar-refractivity contribution >= 4 is 16.7 Å². The second-order valence-corrected chi connectivity index (χ2v) is 9.75. The molecule has 176 valence electrons. The van der Waals surface area contributed by atoms with Crippen LogP contribution in [0, 0.1) is 11.3 Å². The molecule has 0 radical (unpaired) electrons. The van der Waals surface area contributed by atoms with Crippen molar-refractivity contribution in [2.45, 2.75) is 24.9 Å². The first-order chi connectivity index (χ1) is 17.1. The van der Waals surface area contributed by atoms with Crippen LogP contribution in [0.3, 0.4) is 0 Å². The Balaban J connectivity index is 1.29. The molecule has 1 saturated heterocycles. The van der Waals surface area contributed by atoms with Crippen LogP contribution in [0.5, 0.6) is 0 Å². The van der Waals surface area contributed by atoms with Crippen molar-refractivity contribution in [3.8, 4) is 28.6 Å². The molecule has 0 spiro atoms. The third-order valence-corrected chi connectivity index (χ3v) is 7.58. The topological polar surface area (TPSA) is 87.0 Å². The van der Waals surface area contributed by atoms with Gasteiger partial charge in [-0.3, -0.25) is 4.90 Å². The van der Waals surface area contributed by atoms with E-state index in [-0.39, 0.29) is 6.04 Å². The lowest BCUT2D eigenvalue weighted by Gasteiger charge is -2.46. The summed E-state index contributed by atoms with van der Waals surface area (Å²) in [6.07, 6.45) is 2.05. The first kappa shape index (κ1) is 21.8. The van der Waals surface area contributed by atoms with E-state index in [0.29, 0.717) is 23.1 Å². The van der Waals surface area contributed by atoms with Crippen LogP contribution >= 0.6 is 0 Å². The van der Waals surface area contributed by atoms with Gasteiger partial charge in [0.25, 0.3) is 0 Å². The zero-order valence-electron chi connectivity index (χ0n) is 19.9. The Morgan fingerprint density at radius 3 is 2.40 bits per heavy atom.